The molecule has 1 aromatic carbocycles. The maximum atomic E-state index is 12.7. The van der Waals surface area contributed by atoms with Gasteiger partial charge in [0.2, 0.25) is 0 Å². The van der Waals surface area contributed by atoms with E-state index in [0.29, 0.717) is 24.9 Å². The maximum Gasteiger partial charge on any atom is 0.416 e. The van der Waals surface area contributed by atoms with Crippen LogP contribution in [0.3, 0.4) is 0 Å². The molecule has 0 spiro atoms. The molecule has 1 aromatic rings. The zero-order valence-corrected chi connectivity index (χ0v) is 14.8. The van der Waals surface area contributed by atoms with E-state index in [0.717, 1.165) is 12.1 Å². The second-order valence-electron chi connectivity index (χ2n) is 7.24. The van der Waals surface area contributed by atoms with Crippen molar-refractivity contribution in [2.24, 2.45) is 5.92 Å². The molecule has 5 nitrogen and oxygen atoms in total. The van der Waals surface area contributed by atoms with Gasteiger partial charge in [-0.3, -0.25) is 4.79 Å². The molecule has 0 saturated carbocycles. The highest BCUT2D eigenvalue weighted by molar-refractivity contribution is 5.76. The van der Waals surface area contributed by atoms with E-state index < -0.39 is 29.0 Å². The van der Waals surface area contributed by atoms with Gasteiger partial charge in [-0.05, 0) is 30.5 Å². The number of alkyl halides is 3. The largest absolute Gasteiger partial charge is 0.481 e. The Morgan fingerprint density at radius 3 is 2.31 bits per heavy atom. The molecular weight excluding hydrogens is 349 g/mol. The van der Waals surface area contributed by atoms with Gasteiger partial charge in [0.25, 0.3) is 0 Å². The number of hydrogen-bond donors (Lipinski definition) is 2. The third kappa shape index (κ3) is 4.89. The first kappa shape index (κ1) is 20.1. The number of carbonyl (C=O) groups excluding carboxylic acids is 1. The van der Waals surface area contributed by atoms with Crippen LogP contribution in [-0.4, -0.2) is 41.6 Å². The van der Waals surface area contributed by atoms with E-state index in [1.165, 1.54) is 17.0 Å². The van der Waals surface area contributed by atoms with Crippen LogP contribution in [0.15, 0.2) is 24.3 Å². The summed E-state index contributed by atoms with van der Waals surface area (Å²) in [7, 11) is 0. The summed E-state index contributed by atoms with van der Waals surface area (Å²) >= 11 is 0. The monoisotopic (exact) mass is 372 g/mol. The van der Waals surface area contributed by atoms with Gasteiger partial charge in [-0.25, -0.2) is 4.79 Å². The Bertz CT molecular complexity index is 657. The SMILES string of the molecule is CC(C)(CNC(=O)N1CCCC(C(=O)O)C1)c1ccc(C(F)(F)F)cc1. The molecule has 0 radical (unpaired) electrons. The van der Waals surface area contributed by atoms with Gasteiger partial charge >= 0.3 is 18.2 Å². The van der Waals surface area contributed by atoms with Crippen molar-refractivity contribution < 1.29 is 27.9 Å². The second-order valence-corrected chi connectivity index (χ2v) is 7.24. The quantitative estimate of drug-likeness (QED) is 0.850. The highest BCUT2D eigenvalue weighted by Gasteiger charge is 2.32. The average Bonchev–Trinajstić information content (AvgIpc) is 2.59. The Kier molecular flexibility index (Phi) is 5.83. The van der Waals surface area contributed by atoms with Crippen LogP contribution < -0.4 is 5.32 Å². The van der Waals surface area contributed by atoms with Crippen LogP contribution in [0, 0.1) is 5.92 Å². The lowest BCUT2D eigenvalue weighted by molar-refractivity contribution is -0.143. The number of hydrogen-bond acceptors (Lipinski definition) is 2. The highest BCUT2D eigenvalue weighted by Crippen LogP contribution is 2.31. The normalized spacial score (nSPS) is 18.5. The Morgan fingerprint density at radius 1 is 1.19 bits per heavy atom. The van der Waals surface area contributed by atoms with Gasteiger partial charge < -0.3 is 15.3 Å². The molecule has 144 valence electrons. The Labute approximate surface area is 150 Å². The molecule has 2 amide bonds. The van der Waals surface area contributed by atoms with Crippen LogP contribution in [0.1, 0.15) is 37.8 Å². The number of urea groups is 1. The number of aliphatic carboxylic acids is 1. The van der Waals surface area contributed by atoms with E-state index in [-0.39, 0.29) is 19.1 Å². The van der Waals surface area contributed by atoms with E-state index in [4.69, 9.17) is 5.11 Å². The van der Waals surface area contributed by atoms with Gasteiger partial charge in [0.15, 0.2) is 0 Å². The van der Waals surface area contributed by atoms with Crippen molar-refractivity contribution in [3.8, 4) is 0 Å². The van der Waals surface area contributed by atoms with Crippen LogP contribution in [-0.2, 0) is 16.4 Å². The van der Waals surface area contributed by atoms with E-state index >= 15 is 0 Å². The lowest BCUT2D eigenvalue weighted by Crippen LogP contribution is -2.49. The number of carbonyl (C=O) groups is 2. The van der Waals surface area contributed by atoms with E-state index in [1.54, 1.807) is 0 Å². The summed E-state index contributed by atoms with van der Waals surface area (Å²) in [4.78, 5) is 24.9. The lowest BCUT2D eigenvalue weighted by atomic mass is 9.84. The number of nitrogens with zero attached hydrogens (tertiary/aromatic N) is 1. The van der Waals surface area contributed by atoms with Gasteiger partial charge in [0, 0.05) is 25.0 Å². The van der Waals surface area contributed by atoms with Gasteiger partial charge in [-0.1, -0.05) is 26.0 Å². The number of likely N-dealkylation sites (tertiary alicyclic amines) is 1. The molecule has 8 heteroatoms. The van der Waals surface area contributed by atoms with Crippen molar-refractivity contribution in [3.05, 3.63) is 35.4 Å². The smallest absolute Gasteiger partial charge is 0.416 e. The number of piperidine rings is 1. The number of nitrogens with one attached hydrogen (secondary N) is 1. The fraction of sp³-hybridized carbons (Fsp3) is 0.556. The van der Waals surface area contributed by atoms with Crippen molar-refractivity contribution in [1.29, 1.82) is 0 Å². The topological polar surface area (TPSA) is 69.6 Å². The van der Waals surface area contributed by atoms with Crippen LogP contribution >= 0.6 is 0 Å². The number of carboxylic acids is 1. The second kappa shape index (κ2) is 7.55. The highest BCUT2D eigenvalue weighted by atomic mass is 19.4. The molecular formula is C18H23F3N2O3. The van der Waals surface area contributed by atoms with Gasteiger partial charge in [0.05, 0.1) is 11.5 Å². The minimum Gasteiger partial charge on any atom is -0.481 e. The third-order valence-electron chi connectivity index (χ3n) is 4.73. The van der Waals surface area contributed by atoms with E-state index in [2.05, 4.69) is 5.32 Å². The predicted octanol–water partition coefficient (Wildman–Crippen LogP) is 3.49. The molecule has 1 fully saturated rings. The van der Waals surface area contributed by atoms with Crippen LogP contribution in [0.4, 0.5) is 18.0 Å². The molecule has 1 aliphatic rings. The predicted molar refractivity (Wildman–Crippen MR) is 89.8 cm³/mol. The molecule has 0 aromatic heterocycles. The van der Waals surface area contributed by atoms with E-state index in [9.17, 15) is 22.8 Å². The fourth-order valence-corrected chi connectivity index (χ4v) is 2.98. The number of benzene rings is 1. The average molecular weight is 372 g/mol. The summed E-state index contributed by atoms with van der Waals surface area (Å²) in [6.45, 7) is 4.54. The zero-order valence-electron chi connectivity index (χ0n) is 14.8. The zero-order chi connectivity index (χ0) is 19.5. The van der Waals surface area contributed by atoms with Crippen molar-refractivity contribution in [3.63, 3.8) is 0 Å². The molecule has 1 aliphatic heterocycles. The molecule has 1 atom stereocenters. The Hall–Kier alpha value is -2.25. The number of halogens is 3. The summed E-state index contributed by atoms with van der Waals surface area (Å²) in [5.41, 5.74) is -0.608. The van der Waals surface area contributed by atoms with Gasteiger partial charge in [-0.2, -0.15) is 13.2 Å². The summed E-state index contributed by atoms with van der Waals surface area (Å²) in [5, 5.41) is 11.9. The molecule has 2 rings (SSSR count). The van der Waals surface area contributed by atoms with Crippen molar-refractivity contribution in [2.75, 3.05) is 19.6 Å². The molecule has 1 heterocycles. The van der Waals surface area contributed by atoms with E-state index in [1.807, 2.05) is 13.8 Å². The lowest BCUT2D eigenvalue weighted by Gasteiger charge is -2.32. The van der Waals surface area contributed by atoms with Crippen molar-refractivity contribution in [1.82, 2.24) is 10.2 Å². The van der Waals surface area contributed by atoms with Gasteiger partial charge in [-0.15, -0.1) is 0 Å². The first-order valence-electron chi connectivity index (χ1n) is 8.44. The Morgan fingerprint density at radius 2 is 1.77 bits per heavy atom. The summed E-state index contributed by atoms with van der Waals surface area (Å²) in [6, 6.07) is 4.53. The van der Waals surface area contributed by atoms with Crippen molar-refractivity contribution >= 4 is 12.0 Å². The number of rotatable bonds is 4. The van der Waals surface area contributed by atoms with Crippen LogP contribution in [0.25, 0.3) is 0 Å². The maximum absolute atomic E-state index is 12.7. The van der Waals surface area contributed by atoms with Crippen LogP contribution in [0.5, 0.6) is 0 Å². The first-order chi connectivity index (χ1) is 12.0. The molecule has 1 unspecified atom stereocenters. The fourth-order valence-electron chi connectivity index (χ4n) is 2.98. The van der Waals surface area contributed by atoms with Crippen LogP contribution in [0.2, 0.25) is 0 Å². The third-order valence-corrected chi connectivity index (χ3v) is 4.73. The minimum absolute atomic E-state index is 0.169. The molecule has 2 N–H and O–H groups in total. The Balaban J connectivity index is 1.96. The molecule has 26 heavy (non-hydrogen) atoms. The first-order valence-corrected chi connectivity index (χ1v) is 8.44. The molecule has 1 saturated heterocycles. The summed E-state index contributed by atoms with van der Waals surface area (Å²) < 4.78 is 38.0. The summed E-state index contributed by atoms with van der Waals surface area (Å²) in [5.74, 6) is -1.47. The minimum atomic E-state index is -4.38. The standard InChI is InChI=1S/C18H23F3N2O3/c1-17(2,13-5-7-14(8-6-13)18(19,20)21)11-22-16(26)23-9-3-4-12(10-23)15(24)25/h5-8,12H,3-4,9-11H2,1-2H3,(H,22,26)(H,24,25). The van der Waals surface area contributed by atoms with Gasteiger partial charge in [0.1, 0.15) is 0 Å². The van der Waals surface area contributed by atoms with Crippen molar-refractivity contribution in [2.45, 2.75) is 38.3 Å². The number of amides is 2. The summed E-state index contributed by atoms with van der Waals surface area (Å²) in [6.07, 6.45) is -3.20. The molecule has 0 bridgehead atoms. The molecule has 0 aliphatic carbocycles. The number of carboxylic acid groups (broad SMARTS) is 1.